The molecule has 2 aromatic heterocycles. The first kappa shape index (κ1) is 23.7. The zero-order chi connectivity index (χ0) is 24.1. The highest BCUT2D eigenvalue weighted by Gasteiger charge is 2.13. The van der Waals surface area contributed by atoms with Gasteiger partial charge in [0.05, 0.1) is 16.4 Å². The number of carbonyl (C=O) groups excluding carboxylic acids is 2. The number of rotatable bonds is 8. The molecule has 0 aliphatic heterocycles. The van der Waals surface area contributed by atoms with E-state index in [4.69, 9.17) is 16.6 Å². The van der Waals surface area contributed by atoms with E-state index < -0.39 is 0 Å². The smallest absolute Gasteiger partial charge is 0.251 e. The van der Waals surface area contributed by atoms with E-state index in [2.05, 4.69) is 37.0 Å². The first-order valence-corrected chi connectivity index (χ1v) is 11.8. The van der Waals surface area contributed by atoms with Crippen LogP contribution in [0.3, 0.4) is 0 Å². The van der Waals surface area contributed by atoms with Crippen LogP contribution in [0.15, 0.2) is 65.3 Å². The third-order valence-electron chi connectivity index (χ3n) is 4.97. The minimum Gasteiger partial charge on any atom is -0.370 e. The molecule has 0 radical (unpaired) electrons. The molecule has 10 heteroatoms. The molecule has 0 unspecified atom stereocenters. The second-order valence-corrected chi connectivity index (χ2v) is 8.79. The number of benzene rings is 2. The van der Waals surface area contributed by atoms with E-state index in [0.29, 0.717) is 41.4 Å². The van der Waals surface area contributed by atoms with Crippen LogP contribution in [-0.4, -0.2) is 39.5 Å². The van der Waals surface area contributed by atoms with Crippen LogP contribution in [0.25, 0.3) is 16.9 Å². The molecule has 3 N–H and O–H groups in total. The largest absolute Gasteiger partial charge is 0.370 e. The first-order valence-electron chi connectivity index (χ1n) is 10.6. The number of amides is 2. The fraction of sp³-hybridized carbons (Fsp3) is 0.167. The van der Waals surface area contributed by atoms with E-state index in [-0.39, 0.29) is 11.8 Å². The van der Waals surface area contributed by atoms with Crippen molar-refractivity contribution in [1.82, 2.24) is 19.9 Å². The fourth-order valence-corrected chi connectivity index (χ4v) is 4.00. The van der Waals surface area contributed by atoms with Gasteiger partial charge >= 0.3 is 0 Å². The molecule has 0 saturated heterocycles. The Kier molecular flexibility index (Phi) is 7.44. The number of hydrogen-bond donors (Lipinski definition) is 3. The SMILES string of the molecule is CC(=O)Nc1cccc(C(=O)NCCCNc2cc(-c3ccccc3Cl)nc3c(Br)cnn23)c1. The number of anilines is 2. The number of aromatic nitrogens is 3. The highest BCUT2D eigenvalue weighted by atomic mass is 79.9. The average molecular weight is 542 g/mol. The second kappa shape index (κ2) is 10.7. The van der Waals surface area contributed by atoms with Crippen molar-refractivity contribution in [2.45, 2.75) is 13.3 Å². The first-order chi connectivity index (χ1) is 16.4. The molecule has 34 heavy (non-hydrogen) atoms. The number of nitrogens with one attached hydrogen (secondary N) is 3. The average Bonchev–Trinajstić information content (AvgIpc) is 3.19. The van der Waals surface area contributed by atoms with Gasteiger partial charge in [-0.15, -0.1) is 0 Å². The third-order valence-corrected chi connectivity index (χ3v) is 5.86. The highest BCUT2D eigenvalue weighted by molar-refractivity contribution is 9.10. The van der Waals surface area contributed by atoms with Gasteiger partial charge in [0.2, 0.25) is 5.91 Å². The molecule has 0 aliphatic rings. The summed E-state index contributed by atoms with van der Waals surface area (Å²) in [6.07, 6.45) is 2.38. The summed E-state index contributed by atoms with van der Waals surface area (Å²) in [5.74, 6) is 0.381. The summed E-state index contributed by atoms with van der Waals surface area (Å²) in [5, 5.41) is 13.9. The van der Waals surface area contributed by atoms with Gasteiger partial charge < -0.3 is 16.0 Å². The lowest BCUT2D eigenvalue weighted by atomic mass is 10.1. The van der Waals surface area contributed by atoms with Crippen molar-refractivity contribution < 1.29 is 9.59 Å². The fourth-order valence-electron chi connectivity index (χ4n) is 3.42. The Labute approximate surface area is 209 Å². The molecule has 0 atom stereocenters. The molecule has 0 fully saturated rings. The van der Waals surface area contributed by atoms with Gasteiger partial charge in [0.1, 0.15) is 5.82 Å². The van der Waals surface area contributed by atoms with Crippen LogP contribution in [-0.2, 0) is 4.79 Å². The van der Waals surface area contributed by atoms with Gasteiger partial charge in [0.25, 0.3) is 5.91 Å². The normalized spacial score (nSPS) is 10.8. The van der Waals surface area contributed by atoms with E-state index in [1.54, 1.807) is 35.0 Å². The van der Waals surface area contributed by atoms with Crippen molar-refractivity contribution in [3.8, 4) is 11.3 Å². The molecule has 2 amide bonds. The Morgan fingerprint density at radius 1 is 1.09 bits per heavy atom. The maximum Gasteiger partial charge on any atom is 0.251 e. The monoisotopic (exact) mass is 540 g/mol. The molecule has 0 saturated carbocycles. The molecular weight excluding hydrogens is 520 g/mol. The summed E-state index contributed by atoms with van der Waals surface area (Å²) in [7, 11) is 0. The lowest BCUT2D eigenvalue weighted by Gasteiger charge is -2.12. The van der Waals surface area contributed by atoms with Gasteiger partial charge in [-0.1, -0.05) is 35.9 Å². The Balaban J connectivity index is 1.39. The van der Waals surface area contributed by atoms with E-state index >= 15 is 0 Å². The minimum absolute atomic E-state index is 0.184. The van der Waals surface area contributed by atoms with Crippen LogP contribution in [0.4, 0.5) is 11.5 Å². The third kappa shape index (κ3) is 5.55. The van der Waals surface area contributed by atoms with Crippen LogP contribution in [0.2, 0.25) is 5.02 Å². The molecule has 0 aliphatic carbocycles. The summed E-state index contributed by atoms with van der Waals surface area (Å²) in [6.45, 7) is 2.50. The lowest BCUT2D eigenvalue weighted by Crippen LogP contribution is -2.26. The van der Waals surface area contributed by atoms with Crippen molar-refractivity contribution in [2.75, 3.05) is 23.7 Å². The van der Waals surface area contributed by atoms with E-state index in [9.17, 15) is 9.59 Å². The Morgan fingerprint density at radius 2 is 1.91 bits per heavy atom. The zero-order valence-electron chi connectivity index (χ0n) is 18.3. The molecule has 4 rings (SSSR count). The highest BCUT2D eigenvalue weighted by Crippen LogP contribution is 2.30. The Bertz CT molecular complexity index is 1360. The topological polar surface area (TPSA) is 100 Å². The summed E-state index contributed by atoms with van der Waals surface area (Å²) >= 11 is 9.88. The lowest BCUT2D eigenvalue weighted by molar-refractivity contribution is -0.114. The van der Waals surface area contributed by atoms with Crippen molar-refractivity contribution >= 4 is 56.5 Å². The van der Waals surface area contributed by atoms with Gasteiger partial charge in [-0.2, -0.15) is 9.61 Å². The standard InChI is InChI=1S/C24H22BrClN6O2/c1-15(33)30-17-7-4-6-16(12-17)24(34)28-11-5-10-27-22-13-21(18-8-2-3-9-20(18)26)31-23-19(25)14-29-32(22)23/h2-4,6-9,12-14,27H,5,10-11H2,1H3,(H,28,34)(H,30,33). The number of hydrogen-bond acceptors (Lipinski definition) is 5. The minimum atomic E-state index is -0.199. The van der Waals surface area contributed by atoms with Gasteiger partial charge in [0.15, 0.2) is 5.65 Å². The van der Waals surface area contributed by atoms with Crippen LogP contribution in [0, 0.1) is 0 Å². The molecular formula is C24H22BrClN6O2. The predicted molar refractivity (Wildman–Crippen MR) is 137 cm³/mol. The van der Waals surface area contributed by atoms with E-state index in [1.807, 2.05) is 30.3 Å². The van der Waals surface area contributed by atoms with E-state index in [1.165, 1.54) is 6.92 Å². The molecule has 0 spiro atoms. The molecule has 4 aromatic rings. The van der Waals surface area contributed by atoms with Gasteiger partial charge in [0, 0.05) is 47.9 Å². The molecule has 8 nitrogen and oxygen atoms in total. The number of carbonyl (C=O) groups is 2. The van der Waals surface area contributed by atoms with Crippen LogP contribution in [0.5, 0.6) is 0 Å². The van der Waals surface area contributed by atoms with E-state index in [0.717, 1.165) is 21.5 Å². The molecule has 2 heterocycles. The summed E-state index contributed by atoms with van der Waals surface area (Å²) in [5.41, 5.74) is 3.31. The van der Waals surface area contributed by atoms with Crippen molar-refractivity contribution in [3.05, 3.63) is 75.9 Å². The molecule has 2 aromatic carbocycles. The number of halogens is 2. The van der Waals surface area contributed by atoms with Crippen LogP contribution in [0.1, 0.15) is 23.7 Å². The number of fused-ring (bicyclic) bond motifs is 1. The van der Waals surface area contributed by atoms with Gasteiger partial charge in [-0.25, -0.2) is 4.98 Å². The second-order valence-electron chi connectivity index (χ2n) is 7.53. The van der Waals surface area contributed by atoms with Gasteiger partial charge in [-0.05, 0) is 46.6 Å². The number of nitrogens with zero attached hydrogens (tertiary/aromatic N) is 3. The summed E-state index contributed by atoms with van der Waals surface area (Å²) < 4.78 is 2.49. The van der Waals surface area contributed by atoms with Crippen molar-refractivity contribution in [2.24, 2.45) is 0 Å². The van der Waals surface area contributed by atoms with Gasteiger partial charge in [-0.3, -0.25) is 9.59 Å². The molecule has 174 valence electrons. The van der Waals surface area contributed by atoms with Crippen molar-refractivity contribution in [1.29, 1.82) is 0 Å². The van der Waals surface area contributed by atoms with Crippen LogP contribution < -0.4 is 16.0 Å². The maximum atomic E-state index is 12.4. The van der Waals surface area contributed by atoms with Crippen molar-refractivity contribution in [3.63, 3.8) is 0 Å². The van der Waals surface area contributed by atoms with Crippen LogP contribution >= 0.6 is 27.5 Å². The zero-order valence-corrected chi connectivity index (χ0v) is 20.7. The summed E-state index contributed by atoms with van der Waals surface area (Å²) in [6, 6.07) is 16.3. The predicted octanol–water partition coefficient (Wildman–Crippen LogP) is 5.00. The Hall–Kier alpha value is -3.43. The maximum absolute atomic E-state index is 12.4. The Morgan fingerprint density at radius 3 is 2.71 bits per heavy atom. The quantitative estimate of drug-likeness (QED) is 0.273. The summed E-state index contributed by atoms with van der Waals surface area (Å²) in [4.78, 5) is 28.4. The molecule has 0 bridgehead atoms.